The lowest BCUT2D eigenvalue weighted by molar-refractivity contribution is -0.141. The second kappa shape index (κ2) is 7.01. The second-order valence-corrected chi connectivity index (χ2v) is 6.37. The van der Waals surface area contributed by atoms with E-state index in [1.807, 2.05) is 4.90 Å². The minimum absolute atomic E-state index is 0.0552. The molecule has 1 amide bonds. The molecule has 0 bridgehead atoms. The molecule has 2 fully saturated rings. The summed E-state index contributed by atoms with van der Waals surface area (Å²) in [6.07, 6.45) is 3.23. The summed E-state index contributed by atoms with van der Waals surface area (Å²) in [5.74, 6) is 0.681. The van der Waals surface area contributed by atoms with Crippen LogP contribution in [0.3, 0.4) is 0 Å². The monoisotopic (exact) mass is 313 g/mol. The van der Waals surface area contributed by atoms with E-state index in [4.69, 9.17) is 10.00 Å². The summed E-state index contributed by atoms with van der Waals surface area (Å²) in [5.41, 5.74) is 0.588. The molecule has 2 heterocycles. The van der Waals surface area contributed by atoms with Gasteiger partial charge in [0.1, 0.15) is 5.75 Å². The van der Waals surface area contributed by atoms with Crippen LogP contribution in [0.4, 0.5) is 0 Å². The van der Waals surface area contributed by atoms with Crippen molar-refractivity contribution in [3.05, 3.63) is 29.8 Å². The molecular weight excluding hydrogens is 290 g/mol. The first-order chi connectivity index (χ1) is 11.2. The average Bonchev–Trinajstić information content (AvgIpc) is 2.61. The minimum Gasteiger partial charge on any atom is -0.481 e. The quantitative estimate of drug-likeness (QED) is 0.857. The van der Waals surface area contributed by atoms with Gasteiger partial charge in [-0.3, -0.25) is 9.69 Å². The fourth-order valence-corrected chi connectivity index (χ4v) is 3.48. The van der Waals surface area contributed by atoms with E-state index in [2.05, 4.69) is 11.0 Å². The third kappa shape index (κ3) is 3.65. The van der Waals surface area contributed by atoms with Gasteiger partial charge in [0.05, 0.1) is 11.6 Å². The summed E-state index contributed by atoms with van der Waals surface area (Å²) < 4.78 is 5.75. The molecule has 2 saturated heterocycles. The Balaban J connectivity index is 1.57. The molecular formula is C18H23N3O2. The highest BCUT2D eigenvalue weighted by atomic mass is 16.5. The van der Waals surface area contributed by atoms with Crippen molar-refractivity contribution in [2.24, 2.45) is 0 Å². The Labute approximate surface area is 137 Å². The summed E-state index contributed by atoms with van der Waals surface area (Å²) in [5, 5.41) is 8.81. The number of fused-ring (bicyclic) bond motifs is 1. The van der Waals surface area contributed by atoms with Gasteiger partial charge < -0.3 is 9.64 Å². The Morgan fingerprint density at radius 3 is 2.78 bits per heavy atom. The number of benzene rings is 1. The van der Waals surface area contributed by atoms with E-state index in [0.717, 1.165) is 19.6 Å². The van der Waals surface area contributed by atoms with Crippen LogP contribution in [0.5, 0.6) is 5.75 Å². The number of carbonyl (C=O) groups is 1. The van der Waals surface area contributed by atoms with Crippen LogP contribution in [-0.4, -0.2) is 54.0 Å². The van der Waals surface area contributed by atoms with Crippen LogP contribution < -0.4 is 4.74 Å². The van der Waals surface area contributed by atoms with Gasteiger partial charge in [-0.1, -0.05) is 6.42 Å². The number of hydrogen-bond acceptors (Lipinski definition) is 4. The normalized spacial score (nSPS) is 22.8. The van der Waals surface area contributed by atoms with Gasteiger partial charge >= 0.3 is 0 Å². The molecule has 1 aromatic carbocycles. The summed E-state index contributed by atoms with van der Waals surface area (Å²) in [4.78, 5) is 17.1. The predicted octanol–water partition coefficient (Wildman–Crippen LogP) is 2.02. The Morgan fingerprint density at radius 2 is 2.04 bits per heavy atom. The zero-order chi connectivity index (χ0) is 16.2. The molecule has 0 aromatic heterocycles. The van der Waals surface area contributed by atoms with Crippen LogP contribution in [-0.2, 0) is 4.79 Å². The van der Waals surface area contributed by atoms with E-state index in [0.29, 0.717) is 17.4 Å². The van der Waals surface area contributed by atoms with Gasteiger partial charge in [0.2, 0.25) is 0 Å². The van der Waals surface area contributed by atoms with Gasteiger partial charge in [0, 0.05) is 25.7 Å². The van der Waals surface area contributed by atoms with Crippen LogP contribution in [0.15, 0.2) is 24.3 Å². The lowest BCUT2D eigenvalue weighted by atomic mass is 9.99. The summed E-state index contributed by atoms with van der Waals surface area (Å²) in [7, 11) is 0. The first kappa shape index (κ1) is 15.8. The van der Waals surface area contributed by atoms with Crippen LogP contribution in [0.1, 0.15) is 31.7 Å². The molecule has 2 aliphatic heterocycles. The van der Waals surface area contributed by atoms with Gasteiger partial charge in [0.25, 0.3) is 5.91 Å². The molecule has 0 N–H and O–H groups in total. The topological polar surface area (TPSA) is 56.6 Å². The first-order valence-electron chi connectivity index (χ1n) is 8.37. The highest BCUT2D eigenvalue weighted by Gasteiger charge is 2.33. The molecule has 0 saturated carbocycles. The highest BCUT2D eigenvalue weighted by Crippen LogP contribution is 2.22. The van der Waals surface area contributed by atoms with Gasteiger partial charge in [-0.05, 0) is 50.6 Å². The number of hydrogen-bond donors (Lipinski definition) is 0. The third-order valence-electron chi connectivity index (χ3n) is 4.79. The standard InChI is InChI=1S/C18H23N3O2/c1-14(23-17-7-5-15(12-19)6-8-17)18(22)21-11-10-20-9-3-2-4-16(20)13-21/h5-8,14,16H,2-4,9-11,13H2,1H3/t14-,16+/m1/s1. The Hall–Kier alpha value is -2.06. The number of nitriles is 1. The second-order valence-electron chi connectivity index (χ2n) is 6.37. The molecule has 0 aliphatic carbocycles. The molecule has 0 spiro atoms. The summed E-state index contributed by atoms with van der Waals surface area (Å²) in [6.45, 7) is 5.55. The van der Waals surface area contributed by atoms with Gasteiger partial charge in [-0.15, -0.1) is 0 Å². The molecule has 2 aliphatic rings. The van der Waals surface area contributed by atoms with E-state index < -0.39 is 6.10 Å². The Morgan fingerprint density at radius 1 is 1.26 bits per heavy atom. The Kier molecular flexibility index (Phi) is 4.82. The minimum atomic E-state index is -0.502. The van der Waals surface area contributed by atoms with Crippen molar-refractivity contribution in [3.63, 3.8) is 0 Å². The van der Waals surface area contributed by atoms with E-state index in [-0.39, 0.29) is 5.91 Å². The SMILES string of the molecule is C[C@@H](Oc1ccc(C#N)cc1)C(=O)N1CCN2CCCC[C@H]2C1. The van der Waals surface area contributed by atoms with E-state index in [1.165, 1.54) is 25.8 Å². The maximum atomic E-state index is 12.6. The van der Waals surface area contributed by atoms with Crippen molar-refractivity contribution < 1.29 is 9.53 Å². The fourth-order valence-electron chi connectivity index (χ4n) is 3.48. The molecule has 23 heavy (non-hydrogen) atoms. The number of piperidine rings is 1. The van der Waals surface area contributed by atoms with Gasteiger partial charge in [-0.25, -0.2) is 0 Å². The number of rotatable bonds is 3. The molecule has 1 aromatic rings. The van der Waals surface area contributed by atoms with E-state index in [1.54, 1.807) is 31.2 Å². The Bertz CT molecular complexity index is 593. The largest absolute Gasteiger partial charge is 0.481 e. The molecule has 0 radical (unpaired) electrons. The molecule has 2 atom stereocenters. The van der Waals surface area contributed by atoms with Crippen molar-refractivity contribution in [1.82, 2.24) is 9.80 Å². The number of piperazine rings is 1. The van der Waals surface area contributed by atoms with Crippen molar-refractivity contribution in [3.8, 4) is 11.8 Å². The van der Waals surface area contributed by atoms with E-state index >= 15 is 0 Å². The molecule has 122 valence electrons. The van der Waals surface area contributed by atoms with Crippen molar-refractivity contribution in [1.29, 1.82) is 5.26 Å². The summed E-state index contributed by atoms with van der Waals surface area (Å²) >= 11 is 0. The van der Waals surface area contributed by atoms with Crippen LogP contribution in [0.25, 0.3) is 0 Å². The molecule has 3 rings (SSSR count). The van der Waals surface area contributed by atoms with Crippen LogP contribution in [0.2, 0.25) is 0 Å². The number of nitrogens with zero attached hydrogens (tertiary/aromatic N) is 3. The maximum absolute atomic E-state index is 12.6. The number of ether oxygens (including phenoxy) is 1. The first-order valence-corrected chi connectivity index (χ1v) is 8.37. The van der Waals surface area contributed by atoms with Crippen LogP contribution >= 0.6 is 0 Å². The van der Waals surface area contributed by atoms with Gasteiger partial charge in [0.15, 0.2) is 6.10 Å². The number of amides is 1. The van der Waals surface area contributed by atoms with Crippen LogP contribution in [0, 0.1) is 11.3 Å². The molecule has 5 nitrogen and oxygen atoms in total. The van der Waals surface area contributed by atoms with E-state index in [9.17, 15) is 4.79 Å². The molecule has 0 unspecified atom stereocenters. The van der Waals surface area contributed by atoms with Crippen molar-refractivity contribution in [2.75, 3.05) is 26.2 Å². The zero-order valence-electron chi connectivity index (χ0n) is 13.6. The lowest BCUT2D eigenvalue weighted by Gasteiger charge is -2.44. The van der Waals surface area contributed by atoms with Crippen molar-refractivity contribution >= 4 is 5.91 Å². The van der Waals surface area contributed by atoms with Gasteiger partial charge in [-0.2, -0.15) is 5.26 Å². The average molecular weight is 313 g/mol. The summed E-state index contributed by atoms with van der Waals surface area (Å²) in [6, 6.07) is 9.47. The fraction of sp³-hybridized carbons (Fsp3) is 0.556. The highest BCUT2D eigenvalue weighted by molar-refractivity contribution is 5.81. The zero-order valence-corrected chi connectivity index (χ0v) is 13.6. The smallest absolute Gasteiger partial charge is 0.263 e. The maximum Gasteiger partial charge on any atom is 0.263 e. The molecule has 5 heteroatoms. The third-order valence-corrected chi connectivity index (χ3v) is 4.79. The lowest BCUT2D eigenvalue weighted by Crippen LogP contribution is -2.57. The number of carbonyl (C=O) groups excluding carboxylic acids is 1. The predicted molar refractivity (Wildman–Crippen MR) is 87.0 cm³/mol. The van der Waals surface area contributed by atoms with Crippen molar-refractivity contribution in [2.45, 2.75) is 38.3 Å².